The largest absolute Gasteiger partial charge is 0.481 e. The summed E-state index contributed by atoms with van der Waals surface area (Å²) in [6.45, 7) is 4.38. The highest BCUT2D eigenvalue weighted by Crippen LogP contribution is 2.23. The minimum Gasteiger partial charge on any atom is -0.481 e. The first-order chi connectivity index (χ1) is 12.5. The average molecular weight is 396 g/mol. The molecule has 0 fully saturated rings. The molecule has 0 spiro atoms. The summed E-state index contributed by atoms with van der Waals surface area (Å²) >= 11 is 7.52. The SMILES string of the molecule is CCC(Oc1cccc(C)c1)C(=O)NCCSCc1c(F)cccc1Cl. The van der Waals surface area contributed by atoms with E-state index in [1.54, 1.807) is 12.1 Å². The zero-order valence-electron chi connectivity index (χ0n) is 14.9. The topological polar surface area (TPSA) is 38.3 Å². The molecule has 2 aromatic carbocycles. The summed E-state index contributed by atoms with van der Waals surface area (Å²) in [6, 6.07) is 12.3. The van der Waals surface area contributed by atoms with Gasteiger partial charge >= 0.3 is 0 Å². The van der Waals surface area contributed by atoms with Crippen molar-refractivity contribution < 1.29 is 13.9 Å². The van der Waals surface area contributed by atoms with Crippen molar-refractivity contribution in [1.82, 2.24) is 5.32 Å². The van der Waals surface area contributed by atoms with Crippen molar-refractivity contribution in [3.8, 4) is 5.75 Å². The fourth-order valence-electron chi connectivity index (χ4n) is 2.38. The van der Waals surface area contributed by atoms with Crippen molar-refractivity contribution in [3.63, 3.8) is 0 Å². The number of halogens is 2. The minimum atomic E-state index is -0.525. The summed E-state index contributed by atoms with van der Waals surface area (Å²) in [5.41, 5.74) is 1.58. The number of thioether (sulfide) groups is 1. The molecule has 0 radical (unpaired) electrons. The van der Waals surface area contributed by atoms with E-state index in [4.69, 9.17) is 16.3 Å². The predicted molar refractivity (Wildman–Crippen MR) is 106 cm³/mol. The fraction of sp³-hybridized carbons (Fsp3) is 0.350. The molecule has 1 atom stereocenters. The standard InChI is InChI=1S/C20H23ClFNO2S/c1-3-19(25-15-7-4-6-14(2)12-15)20(24)23-10-11-26-13-16-17(21)8-5-9-18(16)22/h4-9,12,19H,3,10-11,13H2,1-2H3,(H,23,24). The van der Waals surface area contributed by atoms with Gasteiger partial charge < -0.3 is 10.1 Å². The Bertz CT molecular complexity index is 721. The number of carbonyl (C=O) groups is 1. The molecule has 140 valence electrons. The van der Waals surface area contributed by atoms with Crippen LogP contribution in [0.4, 0.5) is 4.39 Å². The van der Waals surface area contributed by atoms with Crippen molar-refractivity contribution in [2.24, 2.45) is 0 Å². The van der Waals surface area contributed by atoms with Gasteiger partial charge in [0.25, 0.3) is 5.91 Å². The molecule has 2 rings (SSSR count). The summed E-state index contributed by atoms with van der Waals surface area (Å²) in [6.07, 6.45) is 0.0559. The van der Waals surface area contributed by atoms with Crippen molar-refractivity contribution in [1.29, 1.82) is 0 Å². The molecule has 3 nitrogen and oxygen atoms in total. The maximum absolute atomic E-state index is 13.7. The van der Waals surface area contributed by atoms with Crippen LogP contribution in [0.1, 0.15) is 24.5 Å². The summed E-state index contributed by atoms with van der Waals surface area (Å²) in [4.78, 5) is 12.3. The summed E-state index contributed by atoms with van der Waals surface area (Å²) in [5.74, 6) is 1.39. The molecule has 0 heterocycles. The van der Waals surface area contributed by atoms with Crippen LogP contribution in [0.15, 0.2) is 42.5 Å². The van der Waals surface area contributed by atoms with Gasteiger partial charge in [0.05, 0.1) is 0 Å². The van der Waals surface area contributed by atoms with Gasteiger partial charge in [-0.1, -0.05) is 36.7 Å². The summed E-state index contributed by atoms with van der Waals surface area (Å²) in [7, 11) is 0. The van der Waals surface area contributed by atoms with E-state index in [2.05, 4.69) is 5.32 Å². The molecule has 2 aromatic rings. The molecule has 0 aromatic heterocycles. The number of ether oxygens (including phenoxy) is 1. The predicted octanol–water partition coefficient (Wildman–Crippen LogP) is 4.99. The lowest BCUT2D eigenvalue weighted by Gasteiger charge is -2.17. The molecular formula is C20H23ClFNO2S. The first kappa shape index (κ1) is 20.6. The fourth-order valence-corrected chi connectivity index (χ4v) is 3.58. The Morgan fingerprint density at radius 1 is 1.31 bits per heavy atom. The number of aryl methyl sites for hydroxylation is 1. The van der Waals surface area contributed by atoms with Crippen LogP contribution in [0, 0.1) is 12.7 Å². The molecule has 1 amide bonds. The molecule has 0 saturated carbocycles. The first-order valence-corrected chi connectivity index (χ1v) is 10.1. The quantitative estimate of drug-likeness (QED) is 0.607. The zero-order valence-corrected chi connectivity index (χ0v) is 16.5. The van der Waals surface area contributed by atoms with E-state index < -0.39 is 6.10 Å². The van der Waals surface area contributed by atoms with Gasteiger partial charge in [0.15, 0.2) is 6.10 Å². The number of benzene rings is 2. The third kappa shape index (κ3) is 6.22. The number of hydrogen-bond acceptors (Lipinski definition) is 3. The monoisotopic (exact) mass is 395 g/mol. The van der Waals surface area contributed by atoms with E-state index >= 15 is 0 Å². The highest BCUT2D eigenvalue weighted by atomic mass is 35.5. The summed E-state index contributed by atoms with van der Waals surface area (Å²) < 4.78 is 19.5. The van der Waals surface area contributed by atoms with Gasteiger partial charge in [-0.15, -0.1) is 0 Å². The Labute approximate surface area is 163 Å². The lowest BCUT2D eigenvalue weighted by Crippen LogP contribution is -2.39. The number of carbonyl (C=O) groups excluding carboxylic acids is 1. The first-order valence-electron chi connectivity index (χ1n) is 8.53. The number of hydrogen-bond donors (Lipinski definition) is 1. The number of amides is 1. The van der Waals surface area contributed by atoms with Crippen LogP contribution in [0.3, 0.4) is 0 Å². The van der Waals surface area contributed by atoms with Gasteiger partial charge in [0.1, 0.15) is 11.6 Å². The highest BCUT2D eigenvalue weighted by Gasteiger charge is 2.17. The molecule has 0 saturated heterocycles. The van der Waals surface area contributed by atoms with Crippen molar-refractivity contribution in [3.05, 3.63) is 64.4 Å². The van der Waals surface area contributed by atoms with Crippen molar-refractivity contribution >= 4 is 29.3 Å². The van der Waals surface area contributed by atoms with Crippen LogP contribution in [-0.4, -0.2) is 24.3 Å². The van der Waals surface area contributed by atoms with Gasteiger partial charge in [0.2, 0.25) is 0 Å². The normalized spacial score (nSPS) is 11.8. The van der Waals surface area contributed by atoms with Crippen LogP contribution in [0.25, 0.3) is 0 Å². The van der Waals surface area contributed by atoms with Gasteiger partial charge in [-0.2, -0.15) is 11.8 Å². The maximum atomic E-state index is 13.7. The molecule has 1 N–H and O–H groups in total. The Morgan fingerprint density at radius 3 is 2.77 bits per heavy atom. The van der Waals surface area contributed by atoms with Crippen molar-refractivity contribution in [2.45, 2.75) is 32.1 Å². The Kier molecular flexibility index (Phi) is 8.26. The van der Waals surface area contributed by atoms with Gasteiger partial charge in [-0.25, -0.2) is 4.39 Å². The van der Waals surface area contributed by atoms with Crippen LogP contribution >= 0.6 is 23.4 Å². The van der Waals surface area contributed by atoms with E-state index in [9.17, 15) is 9.18 Å². The maximum Gasteiger partial charge on any atom is 0.261 e. The van der Waals surface area contributed by atoms with E-state index in [1.807, 2.05) is 38.1 Å². The summed E-state index contributed by atoms with van der Waals surface area (Å²) in [5, 5.41) is 3.30. The molecule has 0 aliphatic rings. The Morgan fingerprint density at radius 2 is 2.08 bits per heavy atom. The van der Waals surface area contributed by atoms with E-state index in [1.165, 1.54) is 17.8 Å². The smallest absolute Gasteiger partial charge is 0.261 e. The van der Waals surface area contributed by atoms with Crippen molar-refractivity contribution in [2.75, 3.05) is 12.3 Å². The lowest BCUT2D eigenvalue weighted by atomic mass is 10.2. The zero-order chi connectivity index (χ0) is 18.9. The molecular weight excluding hydrogens is 373 g/mol. The van der Waals surface area contributed by atoms with Crippen LogP contribution in [0.2, 0.25) is 5.02 Å². The van der Waals surface area contributed by atoms with Gasteiger partial charge in [-0.3, -0.25) is 4.79 Å². The number of nitrogens with one attached hydrogen (secondary N) is 1. The van der Waals surface area contributed by atoms with E-state index in [-0.39, 0.29) is 11.7 Å². The van der Waals surface area contributed by atoms with Gasteiger partial charge in [-0.05, 0) is 43.2 Å². The van der Waals surface area contributed by atoms with E-state index in [0.717, 1.165) is 5.56 Å². The van der Waals surface area contributed by atoms with E-state index in [0.29, 0.717) is 40.8 Å². The molecule has 26 heavy (non-hydrogen) atoms. The second-order valence-electron chi connectivity index (χ2n) is 5.88. The molecule has 0 aliphatic heterocycles. The Hall–Kier alpha value is -1.72. The third-order valence-electron chi connectivity index (χ3n) is 3.78. The second kappa shape index (κ2) is 10.4. The number of rotatable bonds is 9. The molecule has 0 bridgehead atoms. The third-order valence-corrected chi connectivity index (χ3v) is 5.12. The van der Waals surface area contributed by atoms with Crippen LogP contribution < -0.4 is 10.1 Å². The molecule has 0 aliphatic carbocycles. The van der Waals surface area contributed by atoms with Crippen LogP contribution in [0.5, 0.6) is 5.75 Å². The molecule has 6 heteroatoms. The highest BCUT2D eigenvalue weighted by molar-refractivity contribution is 7.98. The molecule has 1 unspecified atom stereocenters. The lowest BCUT2D eigenvalue weighted by molar-refractivity contribution is -0.127. The average Bonchev–Trinajstić information content (AvgIpc) is 2.61. The second-order valence-corrected chi connectivity index (χ2v) is 7.39. The Balaban J connectivity index is 1.75. The minimum absolute atomic E-state index is 0.140. The van der Waals surface area contributed by atoms with Crippen LogP contribution in [-0.2, 0) is 10.5 Å². The van der Waals surface area contributed by atoms with Gasteiger partial charge in [0, 0.05) is 28.6 Å².